The van der Waals surface area contributed by atoms with Crippen LogP contribution < -0.4 is 20.5 Å². The molecule has 0 unspecified atom stereocenters. The van der Waals surface area contributed by atoms with E-state index in [4.69, 9.17) is 5.73 Å². The lowest BCUT2D eigenvalue weighted by molar-refractivity contribution is -0.114. The van der Waals surface area contributed by atoms with Crippen LogP contribution in [-0.4, -0.2) is 24.3 Å². The molecule has 0 saturated carbocycles. The molecule has 0 saturated heterocycles. The SMILES string of the molecule is CC(=O)Nc1cc(-c2cnc(N)c(NS(=O)(=O)Nc3ccc(F)cc3F)c2)ccn1. The summed E-state index contributed by atoms with van der Waals surface area (Å²) in [6.45, 7) is 1.34. The van der Waals surface area contributed by atoms with Gasteiger partial charge in [-0.05, 0) is 35.9 Å². The number of anilines is 4. The first-order chi connectivity index (χ1) is 14.1. The van der Waals surface area contributed by atoms with Crippen molar-refractivity contribution in [3.63, 3.8) is 0 Å². The number of nitrogens with one attached hydrogen (secondary N) is 3. The topological polar surface area (TPSA) is 139 Å². The van der Waals surface area contributed by atoms with Crippen molar-refractivity contribution in [1.29, 1.82) is 0 Å². The van der Waals surface area contributed by atoms with Gasteiger partial charge in [-0.25, -0.2) is 18.7 Å². The summed E-state index contributed by atoms with van der Waals surface area (Å²) in [5.74, 6) is -2.06. The maximum Gasteiger partial charge on any atom is 0.321 e. The lowest BCUT2D eigenvalue weighted by atomic mass is 10.1. The summed E-state index contributed by atoms with van der Waals surface area (Å²) in [5, 5.41) is 2.54. The summed E-state index contributed by atoms with van der Waals surface area (Å²) < 4.78 is 55.6. The molecule has 0 bridgehead atoms. The van der Waals surface area contributed by atoms with E-state index in [1.807, 2.05) is 4.72 Å². The number of halogens is 2. The summed E-state index contributed by atoms with van der Waals surface area (Å²) in [5.41, 5.74) is 6.30. The van der Waals surface area contributed by atoms with Crippen molar-refractivity contribution in [2.24, 2.45) is 0 Å². The summed E-state index contributed by atoms with van der Waals surface area (Å²) in [6, 6.07) is 7.01. The highest BCUT2D eigenvalue weighted by atomic mass is 32.2. The van der Waals surface area contributed by atoms with Crippen LogP contribution in [0.1, 0.15) is 6.92 Å². The molecule has 0 aliphatic heterocycles. The van der Waals surface area contributed by atoms with Crippen molar-refractivity contribution in [1.82, 2.24) is 9.97 Å². The molecule has 0 spiro atoms. The molecule has 12 heteroatoms. The molecule has 3 aromatic rings. The molecule has 156 valence electrons. The van der Waals surface area contributed by atoms with E-state index in [0.717, 1.165) is 12.1 Å². The fourth-order valence-corrected chi connectivity index (χ4v) is 3.42. The maximum atomic E-state index is 13.7. The highest BCUT2D eigenvalue weighted by molar-refractivity contribution is 7.94. The van der Waals surface area contributed by atoms with Gasteiger partial charge in [0.05, 0.1) is 11.4 Å². The molecule has 1 amide bonds. The van der Waals surface area contributed by atoms with Crippen LogP contribution in [0, 0.1) is 11.6 Å². The fourth-order valence-electron chi connectivity index (χ4n) is 2.46. The first-order valence-electron chi connectivity index (χ1n) is 8.38. The number of nitrogen functional groups attached to an aromatic ring is 1. The number of pyridine rings is 2. The van der Waals surface area contributed by atoms with Crippen LogP contribution in [0.15, 0.2) is 48.8 Å². The van der Waals surface area contributed by atoms with Crippen LogP contribution in [0.2, 0.25) is 0 Å². The Balaban J connectivity index is 1.87. The van der Waals surface area contributed by atoms with Gasteiger partial charge in [-0.1, -0.05) is 0 Å². The van der Waals surface area contributed by atoms with Gasteiger partial charge in [-0.3, -0.25) is 14.2 Å². The molecule has 1 aromatic carbocycles. The predicted octanol–water partition coefficient (Wildman–Crippen LogP) is 2.73. The van der Waals surface area contributed by atoms with Crippen molar-refractivity contribution >= 4 is 39.1 Å². The number of hydrogen-bond donors (Lipinski definition) is 4. The Bertz CT molecular complexity index is 1220. The molecule has 0 aliphatic rings. The second-order valence-electron chi connectivity index (χ2n) is 6.10. The monoisotopic (exact) mass is 434 g/mol. The van der Waals surface area contributed by atoms with Gasteiger partial charge in [-0.15, -0.1) is 0 Å². The van der Waals surface area contributed by atoms with Crippen LogP contribution in [0.5, 0.6) is 0 Å². The first kappa shape index (κ1) is 20.9. The van der Waals surface area contributed by atoms with Gasteiger partial charge in [-0.2, -0.15) is 8.42 Å². The van der Waals surface area contributed by atoms with Crippen LogP contribution in [-0.2, 0) is 15.0 Å². The van der Waals surface area contributed by atoms with Gasteiger partial charge < -0.3 is 11.1 Å². The molecule has 2 heterocycles. The van der Waals surface area contributed by atoms with Crippen LogP contribution in [0.3, 0.4) is 0 Å². The van der Waals surface area contributed by atoms with Gasteiger partial charge in [0.2, 0.25) is 5.91 Å². The third kappa shape index (κ3) is 5.17. The van der Waals surface area contributed by atoms with E-state index in [0.29, 0.717) is 23.0 Å². The third-order valence-corrected chi connectivity index (χ3v) is 4.71. The number of hydrogen-bond acceptors (Lipinski definition) is 6. The highest BCUT2D eigenvalue weighted by Crippen LogP contribution is 2.27. The van der Waals surface area contributed by atoms with E-state index in [1.54, 1.807) is 12.1 Å². The summed E-state index contributed by atoms with van der Waals surface area (Å²) in [6.07, 6.45) is 2.87. The summed E-state index contributed by atoms with van der Waals surface area (Å²) >= 11 is 0. The van der Waals surface area contributed by atoms with E-state index in [2.05, 4.69) is 20.0 Å². The highest BCUT2D eigenvalue weighted by Gasteiger charge is 2.16. The molecule has 0 atom stereocenters. The van der Waals surface area contributed by atoms with E-state index < -0.39 is 27.5 Å². The van der Waals surface area contributed by atoms with Gasteiger partial charge in [0.15, 0.2) is 0 Å². The number of benzene rings is 1. The molecule has 30 heavy (non-hydrogen) atoms. The minimum Gasteiger partial charge on any atom is -0.382 e. The van der Waals surface area contributed by atoms with Crippen LogP contribution in [0.4, 0.5) is 31.8 Å². The Morgan fingerprint density at radius 1 is 1.00 bits per heavy atom. The standard InChI is InChI=1S/C18H16F2N6O3S/c1-10(27)24-17-7-11(4-5-22-17)12-6-16(18(21)23-9-12)26-30(28,29)25-15-3-2-13(19)8-14(15)20/h2-9,25-26H,1H3,(H2,21,23)(H,22,24,27). The average Bonchev–Trinajstić information content (AvgIpc) is 2.65. The Hall–Kier alpha value is -3.80. The largest absolute Gasteiger partial charge is 0.382 e. The normalized spacial score (nSPS) is 11.0. The first-order valence-corrected chi connectivity index (χ1v) is 9.86. The minimum absolute atomic E-state index is 0.0691. The number of carbonyl (C=O) groups is 1. The molecule has 9 nitrogen and oxygen atoms in total. The van der Waals surface area contributed by atoms with E-state index >= 15 is 0 Å². The lowest BCUT2D eigenvalue weighted by Gasteiger charge is -2.13. The van der Waals surface area contributed by atoms with Crippen molar-refractivity contribution in [3.8, 4) is 11.1 Å². The molecular formula is C18H16F2N6O3S. The molecule has 3 rings (SSSR count). The zero-order valence-corrected chi connectivity index (χ0v) is 16.3. The Kier molecular flexibility index (Phi) is 5.78. The summed E-state index contributed by atoms with van der Waals surface area (Å²) in [4.78, 5) is 19.2. The van der Waals surface area contributed by atoms with Gasteiger partial charge in [0, 0.05) is 30.9 Å². The van der Waals surface area contributed by atoms with E-state index in [9.17, 15) is 22.0 Å². The average molecular weight is 434 g/mol. The van der Waals surface area contributed by atoms with E-state index in [-0.39, 0.29) is 17.4 Å². The Morgan fingerprint density at radius 2 is 1.73 bits per heavy atom. The Labute approximate surface area is 170 Å². The number of nitrogens with zero attached hydrogens (tertiary/aromatic N) is 2. The van der Waals surface area contributed by atoms with Gasteiger partial charge in [0.25, 0.3) is 0 Å². The van der Waals surface area contributed by atoms with Crippen molar-refractivity contribution < 1.29 is 22.0 Å². The van der Waals surface area contributed by atoms with Crippen molar-refractivity contribution in [3.05, 3.63) is 60.4 Å². The van der Waals surface area contributed by atoms with E-state index in [1.165, 1.54) is 25.4 Å². The molecule has 0 aliphatic carbocycles. The summed E-state index contributed by atoms with van der Waals surface area (Å²) in [7, 11) is -4.32. The van der Waals surface area contributed by atoms with Crippen molar-refractivity contribution in [2.45, 2.75) is 6.92 Å². The molecule has 5 N–H and O–H groups in total. The molecular weight excluding hydrogens is 418 g/mol. The molecule has 2 aromatic heterocycles. The third-order valence-electron chi connectivity index (χ3n) is 3.74. The Morgan fingerprint density at radius 3 is 2.43 bits per heavy atom. The van der Waals surface area contributed by atoms with Crippen molar-refractivity contribution in [2.75, 3.05) is 20.5 Å². The number of aromatic nitrogens is 2. The minimum atomic E-state index is -4.32. The number of carbonyl (C=O) groups excluding carboxylic acids is 1. The fraction of sp³-hybridized carbons (Fsp3) is 0.0556. The number of nitrogens with two attached hydrogens (primary N) is 1. The zero-order chi connectivity index (χ0) is 21.9. The lowest BCUT2D eigenvalue weighted by Crippen LogP contribution is -2.23. The van der Waals surface area contributed by atoms with Gasteiger partial charge in [0.1, 0.15) is 23.3 Å². The smallest absolute Gasteiger partial charge is 0.321 e. The van der Waals surface area contributed by atoms with Crippen LogP contribution in [0.25, 0.3) is 11.1 Å². The number of rotatable bonds is 6. The predicted molar refractivity (Wildman–Crippen MR) is 109 cm³/mol. The quantitative estimate of drug-likeness (QED) is 0.470. The molecule has 0 fully saturated rings. The van der Waals surface area contributed by atoms with Crippen LogP contribution >= 0.6 is 0 Å². The maximum absolute atomic E-state index is 13.7. The second kappa shape index (κ2) is 8.29. The second-order valence-corrected chi connectivity index (χ2v) is 7.51. The van der Waals surface area contributed by atoms with Gasteiger partial charge >= 0.3 is 10.2 Å². The molecule has 0 radical (unpaired) electrons. The zero-order valence-electron chi connectivity index (χ0n) is 15.5. The number of amides is 1.